The van der Waals surface area contributed by atoms with Crippen LogP contribution < -0.4 is 0 Å². The molecule has 1 N–H and O–H groups in total. The van der Waals surface area contributed by atoms with Crippen LogP contribution in [-0.2, 0) is 4.79 Å². The summed E-state index contributed by atoms with van der Waals surface area (Å²) in [5, 5.41) is 9.75. The lowest BCUT2D eigenvalue weighted by atomic mass is 9.96. The molecule has 0 spiro atoms. The Labute approximate surface area is 104 Å². The zero-order valence-electron chi connectivity index (χ0n) is 10.6. The van der Waals surface area contributed by atoms with Crippen LogP contribution in [0.25, 0.3) is 0 Å². The summed E-state index contributed by atoms with van der Waals surface area (Å²) >= 11 is 0. The first kappa shape index (κ1) is 13.9. The van der Waals surface area contributed by atoms with Crippen molar-refractivity contribution in [1.29, 1.82) is 0 Å². The molecule has 0 saturated heterocycles. The van der Waals surface area contributed by atoms with Gasteiger partial charge in [-0.05, 0) is 25.3 Å². The first-order valence-electron chi connectivity index (χ1n) is 6.40. The number of carbonyl (C=O) groups excluding carboxylic acids is 1. The maximum absolute atomic E-state index is 11.6. The van der Waals surface area contributed by atoms with Gasteiger partial charge in [-0.3, -0.25) is 4.79 Å². The fraction of sp³-hybridized carbons (Fsp3) is 0.533. The molecule has 0 aromatic heterocycles. The molecule has 0 unspecified atom stereocenters. The Balaban J connectivity index is 2.51. The Morgan fingerprint density at radius 2 is 2.35 bits per heavy atom. The van der Waals surface area contributed by atoms with Crippen LogP contribution in [0.1, 0.15) is 39.0 Å². The molecule has 0 bridgehead atoms. The van der Waals surface area contributed by atoms with Crippen molar-refractivity contribution in [2.45, 2.75) is 45.1 Å². The van der Waals surface area contributed by atoms with Crippen LogP contribution in [0.15, 0.2) is 36.5 Å². The zero-order valence-corrected chi connectivity index (χ0v) is 10.6. The fourth-order valence-electron chi connectivity index (χ4n) is 2.04. The molecule has 0 radical (unpaired) electrons. The molecule has 0 aromatic carbocycles. The second kappa shape index (κ2) is 7.23. The molecule has 0 fully saturated rings. The quantitative estimate of drug-likeness (QED) is 0.542. The molecule has 2 atom stereocenters. The average Bonchev–Trinajstić information content (AvgIpc) is 2.66. The van der Waals surface area contributed by atoms with E-state index in [0.717, 1.165) is 31.3 Å². The first-order chi connectivity index (χ1) is 8.19. The van der Waals surface area contributed by atoms with Crippen LogP contribution in [0.2, 0.25) is 0 Å². The van der Waals surface area contributed by atoms with E-state index in [2.05, 4.69) is 13.5 Å². The number of carbonyl (C=O) groups is 1. The maximum Gasteiger partial charge on any atom is 0.181 e. The van der Waals surface area contributed by atoms with E-state index >= 15 is 0 Å². The highest BCUT2D eigenvalue weighted by Crippen LogP contribution is 2.25. The van der Waals surface area contributed by atoms with Gasteiger partial charge in [0.2, 0.25) is 0 Å². The van der Waals surface area contributed by atoms with E-state index < -0.39 is 0 Å². The molecule has 0 heterocycles. The summed E-state index contributed by atoms with van der Waals surface area (Å²) in [5.41, 5.74) is 0.820. The van der Waals surface area contributed by atoms with Crippen molar-refractivity contribution in [3.05, 3.63) is 36.5 Å². The Bertz CT molecular complexity index is 326. The van der Waals surface area contributed by atoms with Crippen LogP contribution in [0.5, 0.6) is 0 Å². The lowest BCUT2D eigenvalue weighted by Gasteiger charge is -2.10. The number of rotatable bonds is 7. The van der Waals surface area contributed by atoms with Crippen LogP contribution in [-0.4, -0.2) is 17.0 Å². The minimum Gasteiger partial charge on any atom is -0.393 e. The molecule has 0 aromatic rings. The van der Waals surface area contributed by atoms with E-state index in [4.69, 9.17) is 0 Å². The summed E-state index contributed by atoms with van der Waals surface area (Å²) in [7, 11) is 0. The number of unbranched alkanes of at least 4 members (excludes halogenated alkanes) is 1. The van der Waals surface area contributed by atoms with E-state index in [9.17, 15) is 9.90 Å². The normalized spacial score (nSPS) is 23.3. The van der Waals surface area contributed by atoms with Gasteiger partial charge in [0, 0.05) is 11.5 Å². The van der Waals surface area contributed by atoms with E-state index in [0.29, 0.717) is 6.42 Å². The van der Waals surface area contributed by atoms with Crippen molar-refractivity contribution in [1.82, 2.24) is 0 Å². The van der Waals surface area contributed by atoms with Gasteiger partial charge in [-0.25, -0.2) is 0 Å². The van der Waals surface area contributed by atoms with Gasteiger partial charge in [0.05, 0.1) is 6.10 Å². The molecule has 1 rings (SSSR count). The van der Waals surface area contributed by atoms with Gasteiger partial charge in [0.25, 0.3) is 0 Å². The fourth-order valence-corrected chi connectivity index (χ4v) is 2.04. The van der Waals surface area contributed by atoms with Gasteiger partial charge in [0.1, 0.15) is 0 Å². The zero-order chi connectivity index (χ0) is 12.7. The third-order valence-electron chi connectivity index (χ3n) is 3.09. The Morgan fingerprint density at radius 3 is 3.00 bits per heavy atom. The van der Waals surface area contributed by atoms with Crippen molar-refractivity contribution in [3.8, 4) is 0 Å². The third kappa shape index (κ3) is 4.31. The maximum atomic E-state index is 11.6. The molecule has 2 heteroatoms. The molecule has 2 nitrogen and oxygen atoms in total. The number of aliphatic hydroxyl groups excluding tert-OH is 1. The van der Waals surface area contributed by atoms with Crippen LogP contribution in [0, 0.1) is 5.92 Å². The van der Waals surface area contributed by atoms with Crippen LogP contribution >= 0.6 is 0 Å². The summed E-state index contributed by atoms with van der Waals surface area (Å²) in [6.45, 7) is 5.80. The first-order valence-corrected chi connectivity index (χ1v) is 6.40. The summed E-state index contributed by atoms with van der Waals surface area (Å²) in [5.74, 6) is 0.248. The predicted octanol–water partition coefficient (Wildman–Crippen LogP) is 3.19. The van der Waals surface area contributed by atoms with Crippen molar-refractivity contribution < 1.29 is 9.90 Å². The minimum atomic E-state index is -0.319. The predicted molar refractivity (Wildman–Crippen MR) is 70.7 cm³/mol. The van der Waals surface area contributed by atoms with Gasteiger partial charge in [0.15, 0.2) is 5.78 Å². The lowest BCUT2D eigenvalue weighted by molar-refractivity contribution is -0.111. The second-order valence-corrected chi connectivity index (χ2v) is 4.55. The standard InChI is InChI=1S/C15H22O2/c1-3-5-7-13(16)9-10-14-12(6-4-2)8-11-15(14)17/h4,8,10-13,16H,2-3,5-7,9H2,1H3/b14-10+/t12-,13-/m0/s1. The Morgan fingerprint density at radius 1 is 1.59 bits per heavy atom. The van der Waals surface area contributed by atoms with Crippen LogP contribution in [0.4, 0.5) is 0 Å². The smallest absolute Gasteiger partial charge is 0.181 e. The molecular formula is C15H22O2. The van der Waals surface area contributed by atoms with Gasteiger partial charge < -0.3 is 5.11 Å². The molecule has 94 valence electrons. The molecule has 1 aliphatic carbocycles. The molecule has 1 aliphatic rings. The topological polar surface area (TPSA) is 37.3 Å². The number of ketones is 1. The SMILES string of the molecule is C=CC[C@H]1C=CC(=O)/C1=C/C[C@@H](O)CCCC. The van der Waals surface area contributed by atoms with Gasteiger partial charge >= 0.3 is 0 Å². The van der Waals surface area contributed by atoms with Gasteiger partial charge in [-0.2, -0.15) is 0 Å². The highest BCUT2D eigenvalue weighted by Gasteiger charge is 2.21. The summed E-state index contributed by atoms with van der Waals surface area (Å²) in [6.07, 6.45) is 11.3. The van der Waals surface area contributed by atoms with Crippen LogP contribution in [0.3, 0.4) is 0 Å². The van der Waals surface area contributed by atoms with Crippen molar-refractivity contribution in [2.75, 3.05) is 0 Å². The van der Waals surface area contributed by atoms with E-state index in [1.165, 1.54) is 0 Å². The molecule has 0 saturated carbocycles. The third-order valence-corrected chi connectivity index (χ3v) is 3.09. The van der Waals surface area contributed by atoms with E-state index in [1.54, 1.807) is 6.08 Å². The molecule has 0 aliphatic heterocycles. The highest BCUT2D eigenvalue weighted by molar-refractivity contribution is 6.07. The van der Waals surface area contributed by atoms with E-state index in [-0.39, 0.29) is 17.8 Å². The minimum absolute atomic E-state index is 0.0829. The van der Waals surface area contributed by atoms with E-state index in [1.807, 2.05) is 18.2 Å². The van der Waals surface area contributed by atoms with Crippen molar-refractivity contribution >= 4 is 5.78 Å². The lowest BCUT2D eigenvalue weighted by Crippen LogP contribution is -2.07. The monoisotopic (exact) mass is 234 g/mol. The van der Waals surface area contributed by atoms with Crippen molar-refractivity contribution in [2.24, 2.45) is 5.92 Å². The number of allylic oxidation sites excluding steroid dienone is 4. The van der Waals surface area contributed by atoms with Gasteiger partial charge in [-0.1, -0.05) is 38.0 Å². The number of hydrogen-bond donors (Lipinski definition) is 1. The van der Waals surface area contributed by atoms with Gasteiger partial charge in [-0.15, -0.1) is 6.58 Å². The molecule has 17 heavy (non-hydrogen) atoms. The summed E-state index contributed by atoms with van der Waals surface area (Å²) < 4.78 is 0. The number of aliphatic hydroxyl groups is 1. The molecular weight excluding hydrogens is 212 g/mol. The molecule has 0 amide bonds. The number of hydrogen-bond acceptors (Lipinski definition) is 2. The van der Waals surface area contributed by atoms with Crippen molar-refractivity contribution in [3.63, 3.8) is 0 Å². The average molecular weight is 234 g/mol. The Kier molecular flexibility index (Phi) is 5.92. The Hall–Kier alpha value is -1.15. The summed E-state index contributed by atoms with van der Waals surface area (Å²) in [6, 6.07) is 0. The summed E-state index contributed by atoms with van der Waals surface area (Å²) in [4.78, 5) is 11.6. The second-order valence-electron chi connectivity index (χ2n) is 4.55. The highest BCUT2D eigenvalue weighted by atomic mass is 16.3. The largest absolute Gasteiger partial charge is 0.393 e.